The Labute approximate surface area is 150 Å². The van der Waals surface area contributed by atoms with Gasteiger partial charge in [0, 0.05) is 44.2 Å². The molecule has 1 aromatic rings. The van der Waals surface area contributed by atoms with Gasteiger partial charge < -0.3 is 15.1 Å². The molecule has 2 aliphatic rings. The standard InChI is InChI=1S/C20H29N3O2/c1-2-10-22-12-8-18(9-13-22)21-20(25)17-6-3-5-16(14-17)15-23-11-4-7-19(23)24/h3,5-6,14,18H,2,4,7-13,15H2,1H3,(H,21,25). The number of nitrogens with one attached hydrogen (secondary N) is 1. The number of rotatable bonds is 6. The van der Waals surface area contributed by atoms with Crippen molar-refractivity contribution in [3.05, 3.63) is 35.4 Å². The first-order valence-electron chi connectivity index (χ1n) is 9.55. The van der Waals surface area contributed by atoms with Gasteiger partial charge in [-0.1, -0.05) is 19.1 Å². The van der Waals surface area contributed by atoms with Gasteiger partial charge in [0.15, 0.2) is 0 Å². The second kappa shape index (κ2) is 8.48. The molecule has 1 N–H and O–H groups in total. The molecule has 0 atom stereocenters. The van der Waals surface area contributed by atoms with Gasteiger partial charge in [-0.3, -0.25) is 9.59 Å². The van der Waals surface area contributed by atoms with Crippen LogP contribution < -0.4 is 5.32 Å². The molecule has 5 nitrogen and oxygen atoms in total. The minimum absolute atomic E-state index is 0.00328. The molecule has 0 spiro atoms. The Morgan fingerprint density at radius 1 is 1.24 bits per heavy atom. The van der Waals surface area contributed by atoms with Crippen LogP contribution in [0.4, 0.5) is 0 Å². The lowest BCUT2D eigenvalue weighted by Crippen LogP contribution is -2.44. The van der Waals surface area contributed by atoms with Gasteiger partial charge in [0.2, 0.25) is 5.91 Å². The Kier molecular flexibility index (Phi) is 6.08. The molecule has 3 rings (SSSR count). The van der Waals surface area contributed by atoms with E-state index in [9.17, 15) is 9.59 Å². The summed E-state index contributed by atoms with van der Waals surface area (Å²) >= 11 is 0. The fourth-order valence-electron chi connectivity index (χ4n) is 3.79. The quantitative estimate of drug-likeness (QED) is 0.863. The number of hydrogen-bond donors (Lipinski definition) is 1. The Bertz CT molecular complexity index is 609. The predicted octanol–water partition coefficient (Wildman–Crippen LogP) is 2.41. The minimum atomic E-state index is 0.00328. The van der Waals surface area contributed by atoms with Gasteiger partial charge in [0.1, 0.15) is 0 Å². The van der Waals surface area contributed by atoms with Gasteiger partial charge in [-0.2, -0.15) is 0 Å². The van der Waals surface area contributed by atoms with Crippen LogP contribution in [-0.4, -0.2) is 53.8 Å². The second-order valence-electron chi connectivity index (χ2n) is 7.21. The van der Waals surface area contributed by atoms with E-state index in [4.69, 9.17) is 0 Å². The lowest BCUT2D eigenvalue weighted by atomic mass is 10.0. The Morgan fingerprint density at radius 3 is 2.72 bits per heavy atom. The highest BCUT2D eigenvalue weighted by Gasteiger charge is 2.22. The Hall–Kier alpha value is -1.88. The molecule has 2 saturated heterocycles. The molecule has 0 radical (unpaired) electrons. The number of hydrogen-bond acceptors (Lipinski definition) is 3. The van der Waals surface area contributed by atoms with E-state index in [1.165, 1.54) is 6.42 Å². The molecule has 0 saturated carbocycles. The summed E-state index contributed by atoms with van der Waals surface area (Å²) in [4.78, 5) is 28.7. The van der Waals surface area contributed by atoms with E-state index in [0.29, 0.717) is 18.5 Å². The van der Waals surface area contributed by atoms with E-state index < -0.39 is 0 Å². The highest BCUT2D eigenvalue weighted by molar-refractivity contribution is 5.94. The third-order valence-corrected chi connectivity index (χ3v) is 5.20. The van der Waals surface area contributed by atoms with E-state index in [1.807, 2.05) is 29.2 Å². The fraction of sp³-hybridized carbons (Fsp3) is 0.600. The molecule has 2 amide bonds. The molecule has 25 heavy (non-hydrogen) atoms. The van der Waals surface area contributed by atoms with Crippen molar-refractivity contribution >= 4 is 11.8 Å². The molecule has 0 unspecified atom stereocenters. The number of carbonyl (C=O) groups excluding carboxylic acids is 2. The zero-order valence-electron chi connectivity index (χ0n) is 15.2. The lowest BCUT2D eigenvalue weighted by Gasteiger charge is -2.32. The molecule has 136 valence electrons. The third-order valence-electron chi connectivity index (χ3n) is 5.20. The average Bonchev–Trinajstić information content (AvgIpc) is 3.02. The van der Waals surface area contributed by atoms with Gasteiger partial charge in [0.05, 0.1) is 0 Å². The van der Waals surface area contributed by atoms with Gasteiger partial charge in [-0.15, -0.1) is 0 Å². The molecule has 0 aromatic heterocycles. The first-order chi connectivity index (χ1) is 12.2. The highest BCUT2D eigenvalue weighted by atomic mass is 16.2. The monoisotopic (exact) mass is 343 g/mol. The van der Waals surface area contributed by atoms with Crippen LogP contribution in [0.15, 0.2) is 24.3 Å². The predicted molar refractivity (Wildman–Crippen MR) is 98.3 cm³/mol. The molecule has 5 heteroatoms. The van der Waals surface area contributed by atoms with Crippen molar-refractivity contribution in [2.24, 2.45) is 0 Å². The van der Waals surface area contributed by atoms with E-state index in [0.717, 1.165) is 51.0 Å². The molecule has 0 bridgehead atoms. The van der Waals surface area contributed by atoms with Crippen LogP contribution in [0.1, 0.15) is 54.9 Å². The van der Waals surface area contributed by atoms with Crippen LogP contribution in [0, 0.1) is 0 Å². The fourth-order valence-corrected chi connectivity index (χ4v) is 3.79. The third kappa shape index (κ3) is 4.82. The number of piperidine rings is 1. The lowest BCUT2D eigenvalue weighted by molar-refractivity contribution is -0.128. The van der Waals surface area contributed by atoms with Crippen LogP contribution in [0.5, 0.6) is 0 Å². The molecule has 1 aromatic carbocycles. The average molecular weight is 343 g/mol. The van der Waals surface area contributed by atoms with E-state index >= 15 is 0 Å². The van der Waals surface area contributed by atoms with Gasteiger partial charge in [-0.25, -0.2) is 0 Å². The van der Waals surface area contributed by atoms with Crippen LogP contribution in [0.3, 0.4) is 0 Å². The van der Waals surface area contributed by atoms with Crippen molar-refractivity contribution in [3.8, 4) is 0 Å². The molecule has 2 fully saturated rings. The van der Waals surface area contributed by atoms with Crippen molar-refractivity contribution in [3.63, 3.8) is 0 Å². The largest absolute Gasteiger partial charge is 0.349 e. The maximum atomic E-state index is 12.6. The van der Waals surface area contributed by atoms with Crippen molar-refractivity contribution < 1.29 is 9.59 Å². The SMILES string of the molecule is CCCN1CCC(NC(=O)c2cccc(CN3CCCC3=O)c2)CC1. The summed E-state index contributed by atoms with van der Waals surface area (Å²) < 4.78 is 0. The molecular weight excluding hydrogens is 314 g/mol. The highest BCUT2D eigenvalue weighted by Crippen LogP contribution is 2.16. The van der Waals surface area contributed by atoms with Crippen molar-refractivity contribution in [1.29, 1.82) is 0 Å². The number of likely N-dealkylation sites (tertiary alicyclic amines) is 2. The molecule has 0 aliphatic carbocycles. The number of amides is 2. The normalized spacial score (nSPS) is 19.4. The minimum Gasteiger partial charge on any atom is -0.349 e. The van der Waals surface area contributed by atoms with Crippen molar-refractivity contribution in [1.82, 2.24) is 15.1 Å². The summed E-state index contributed by atoms with van der Waals surface area (Å²) in [5.74, 6) is 0.220. The maximum Gasteiger partial charge on any atom is 0.251 e. The summed E-state index contributed by atoms with van der Waals surface area (Å²) in [7, 11) is 0. The topological polar surface area (TPSA) is 52.7 Å². The Balaban J connectivity index is 1.54. The summed E-state index contributed by atoms with van der Waals surface area (Å²) in [6, 6.07) is 7.95. The van der Waals surface area contributed by atoms with Crippen LogP contribution >= 0.6 is 0 Å². The van der Waals surface area contributed by atoms with Crippen molar-refractivity contribution in [2.45, 2.75) is 51.6 Å². The first-order valence-corrected chi connectivity index (χ1v) is 9.55. The van der Waals surface area contributed by atoms with Gasteiger partial charge in [0.25, 0.3) is 5.91 Å². The smallest absolute Gasteiger partial charge is 0.251 e. The van der Waals surface area contributed by atoms with Crippen LogP contribution in [0.25, 0.3) is 0 Å². The molecule has 2 heterocycles. The maximum absolute atomic E-state index is 12.6. The second-order valence-corrected chi connectivity index (χ2v) is 7.21. The van der Waals surface area contributed by atoms with Crippen LogP contribution in [-0.2, 0) is 11.3 Å². The van der Waals surface area contributed by atoms with Gasteiger partial charge >= 0.3 is 0 Å². The summed E-state index contributed by atoms with van der Waals surface area (Å²) in [5, 5.41) is 3.18. The number of nitrogens with zero attached hydrogens (tertiary/aromatic N) is 2. The van der Waals surface area contributed by atoms with Crippen LogP contribution in [0.2, 0.25) is 0 Å². The van der Waals surface area contributed by atoms with E-state index in [-0.39, 0.29) is 17.9 Å². The summed E-state index contributed by atoms with van der Waals surface area (Å²) in [6.45, 7) is 6.92. The summed E-state index contributed by atoms with van der Waals surface area (Å²) in [5.41, 5.74) is 1.72. The number of benzene rings is 1. The van der Waals surface area contributed by atoms with E-state index in [1.54, 1.807) is 0 Å². The zero-order valence-corrected chi connectivity index (χ0v) is 15.2. The van der Waals surface area contributed by atoms with Crippen molar-refractivity contribution in [2.75, 3.05) is 26.2 Å². The zero-order chi connectivity index (χ0) is 17.6. The van der Waals surface area contributed by atoms with Gasteiger partial charge in [-0.05, 0) is 49.9 Å². The Morgan fingerprint density at radius 2 is 2.04 bits per heavy atom. The van der Waals surface area contributed by atoms with E-state index in [2.05, 4.69) is 17.1 Å². The molecular formula is C20H29N3O2. The number of carbonyl (C=O) groups is 2. The summed E-state index contributed by atoms with van der Waals surface area (Å²) in [6.07, 6.45) is 4.82. The first kappa shape index (κ1) is 17.9. The molecule has 2 aliphatic heterocycles.